The van der Waals surface area contributed by atoms with Gasteiger partial charge in [-0.2, -0.15) is 0 Å². The first-order valence-corrected chi connectivity index (χ1v) is 12.7. The van der Waals surface area contributed by atoms with Gasteiger partial charge < -0.3 is 18.9 Å². The Morgan fingerprint density at radius 1 is 1.05 bits per heavy atom. The van der Waals surface area contributed by atoms with E-state index in [1.54, 1.807) is 7.11 Å². The highest BCUT2D eigenvalue weighted by molar-refractivity contribution is 5.98. The minimum absolute atomic E-state index is 0.00614. The summed E-state index contributed by atoms with van der Waals surface area (Å²) in [5.74, 6) is 2.49. The van der Waals surface area contributed by atoms with Crippen molar-refractivity contribution in [3.05, 3.63) is 95.8 Å². The molecule has 1 atom stereocenters. The van der Waals surface area contributed by atoms with E-state index in [4.69, 9.17) is 14.5 Å². The number of methoxy groups -OCH3 is 1. The van der Waals surface area contributed by atoms with Gasteiger partial charge in [0.25, 0.3) is 0 Å². The van der Waals surface area contributed by atoms with Crippen LogP contribution >= 0.6 is 0 Å². The van der Waals surface area contributed by atoms with Crippen molar-refractivity contribution >= 4 is 22.6 Å². The molecule has 1 fully saturated rings. The van der Waals surface area contributed by atoms with Gasteiger partial charge in [0.2, 0.25) is 5.91 Å². The fourth-order valence-corrected chi connectivity index (χ4v) is 5.34. The third-order valence-electron chi connectivity index (χ3n) is 7.06. The maximum Gasteiger partial charge on any atom is 0.227 e. The van der Waals surface area contributed by atoms with Crippen molar-refractivity contribution in [3.63, 3.8) is 0 Å². The minimum Gasteiger partial charge on any atom is -0.493 e. The zero-order chi connectivity index (χ0) is 25.9. The van der Waals surface area contributed by atoms with E-state index < -0.39 is 0 Å². The number of imidazole rings is 1. The predicted octanol–water partition coefficient (Wildman–Crippen LogP) is 5.99. The van der Waals surface area contributed by atoms with Gasteiger partial charge >= 0.3 is 0 Å². The molecule has 190 valence electrons. The van der Waals surface area contributed by atoms with Crippen LogP contribution in [0, 0.1) is 13.8 Å². The lowest BCUT2D eigenvalue weighted by molar-refractivity contribution is -0.117. The summed E-state index contributed by atoms with van der Waals surface area (Å²) in [5.41, 5.74) is 6.36. The van der Waals surface area contributed by atoms with Crippen molar-refractivity contribution in [3.8, 4) is 11.5 Å². The molecule has 0 spiro atoms. The summed E-state index contributed by atoms with van der Waals surface area (Å²) in [6.45, 7) is 9.62. The van der Waals surface area contributed by atoms with E-state index in [0.29, 0.717) is 37.6 Å². The summed E-state index contributed by atoms with van der Waals surface area (Å²) in [6.07, 6.45) is 3.09. The van der Waals surface area contributed by atoms with Gasteiger partial charge in [-0.3, -0.25) is 4.79 Å². The molecule has 2 heterocycles. The number of benzene rings is 3. The van der Waals surface area contributed by atoms with E-state index in [1.165, 1.54) is 0 Å². The Morgan fingerprint density at radius 3 is 2.59 bits per heavy atom. The fraction of sp³-hybridized carbons (Fsp3) is 0.290. The highest BCUT2D eigenvalue weighted by atomic mass is 16.5. The summed E-state index contributed by atoms with van der Waals surface area (Å²) in [7, 11) is 1.65. The van der Waals surface area contributed by atoms with Gasteiger partial charge in [0.05, 0.1) is 24.7 Å². The molecular formula is C31H33N3O3. The second-order valence-electron chi connectivity index (χ2n) is 9.58. The highest BCUT2D eigenvalue weighted by Crippen LogP contribution is 2.36. The monoisotopic (exact) mass is 495 g/mol. The Labute approximate surface area is 218 Å². The van der Waals surface area contributed by atoms with Crippen LogP contribution in [-0.2, 0) is 17.8 Å². The number of anilines is 1. The number of carbonyl (C=O) groups is 1. The molecule has 3 aromatic carbocycles. The number of para-hydroxylation sites is 3. The largest absolute Gasteiger partial charge is 0.493 e. The van der Waals surface area contributed by atoms with Gasteiger partial charge in [0, 0.05) is 24.6 Å². The van der Waals surface area contributed by atoms with Gasteiger partial charge in [-0.05, 0) is 61.2 Å². The second-order valence-corrected chi connectivity index (χ2v) is 9.58. The topological polar surface area (TPSA) is 56.6 Å². The molecule has 1 aliphatic rings. The Hall–Kier alpha value is -4.06. The molecule has 6 nitrogen and oxygen atoms in total. The van der Waals surface area contributed by atoms with E-state index in [2.05, 4.69) is 43.2 Å². The number of carbonyl (C=O) groups excluding carboxylic acids is 1. The molecule has 0 bridgehead atoms. The molecule has 6 heteroatoms. The molecule has 1 aromatic heterocycles. The maximum atomic E-state index is 13.2. The quantitative estimate of drug-likeness (QED) is 0.268. The molecule has 5 rings (SSSR count). The number of nitrogens with zero attached hydrogens (tertiary/aromatic N) is 3. The van der Waals surface area contributed by atoms with E-state index in [1.807, 2.05) is 53.4 Å². The van der Waals surface area contributed by atoms with E-state index in [-0.39, 0.29) is 11.8 Å². The summed E-state index contributed by atoms with van der Waals surface area (Å²) in [6, 6.07) is 20.3. The van der Waals surface area contributed by atoms with Crippen LogP contribution in [0.5, 0.6) is 11.5 Å². The molecule has 1 aliphatic heterocycles. The molecular weight excluding hydrogens is 462 g/mol. The Balaban J connectivity index is 1.40. The average molecular weight is 496 g/mol. The number of hydrogen-bond donors (Lipinski definition) is 0. The van der Waals surface area contributed by atoms with Crippen LogP contribution in [0.2, 0.25) is 0 Å². The van der Waals surface area contributed by atoms with Crippen molar-refractivity contribution in [2.24, 2.45) is 0 Å². The smallest absolute Gasteiger partial charge is 0.227 e. The van der Waals surface area contributed by atoms with Crippen molar-refractivity contribution in [1.29, 1.82) is 0 Å². The lowest BCUT2D eigenvalue weighted by atomic mass is 10.1. The van der Waals surface area contributed by atoms with Crippen LogP contribution in [0.3, 0.4) is 0 Å². The van der Waals surface area contributed by atoms with Gasteiger partial charge in [0.15, 0.2) is 11.5 Å². The number of hydrogen-bond acceptors (Lipinski definition) is 4. The lowest BCUT2D eigenvalue weighted by Gasteiger charge is -2.21. The average Bonchev–Trinajstić information content (AvgIpc) is 3.45. The van der Waals surface area contributed by atoms with Crippen LogP contribution in [0.4, 0.5) is 5.69 Å². The maximum absolute atomic E-state index is 13.2. The first-order valence-electron chi connectivity index (χ1n) is 12.7. The number of amides is 1. The minimum atomic E-state index is 0.00614. The zero-order valence-electron chi connectivity index (χ0n) is 21.7. The summed E-state index contributed by atoms with van der Waals surface area (Å²) in [4.78, 5) is 20.1. The number of allylic oxidation sites excluding steroid dienone is 1. The van der Waals surface area contributed by atoms with Gasteiger partial charge in [-0.1, -0.05) is 42.5 Å². The molecule has 0 radical (unpaired) electrons. The molecule has 37 heavy (non-hydrogen) atoms. The molecule has 1 saturated heterocycles. The standard InChI is InChI=1S/C31H33N3O3/c1-5-9-23-14-15-27(28(18-23)36-4)37-17-16-33-26-13-7-6-12-25(26)32-31(33)24-19-29(35)34(20-24)30-21(2)10-8-11-22(30)3/h5-8,10-15,18,24H,1,9,16-17,19-20H2,2-4H3. The van der Waals surface area contributed by atoms with Crippen molar-refractivity contribution in [2.75, 3.05) is 25.2 Å². The van der Waals surface area contributed by atoms with Crippen molar-refractivity contribution < 1.29 is 14.3 Å². The second kappa shape index (κ2) is 10.5. The van der Waals surface area contributed by atoms with Crippen LogP contribution in [0.1, 0.15) is 34.9 Å². The highest BCUT2D eigenvalue weighted by Gasteiger charge is 2.36. The van der Waals surface area contributed by atoms with Gasteiger partial charge in [-0.25, -0.2) is 4.98 Å². The third-order valence-corrected chi connectivity index (χ3v) is 7.06. The number of fused-ring (bicyclic) bond motifs is 1. The van der Waals surface area contributed by atoms with Crippen LogP contribution in [0.25, 0.3) is 11.0 Å². The molecule has 1 amide bonds. The van der Waals surface area contributed by atoms with Crippen LogP contribution < -0.4 is 14.4 Å². The molecule has 0 saturated carbocycles. The first-order chi connectivity index (χ1) is 18.0. The normalized spacial score (nSPS) is 15.4. The van der Waals surface area contributed by atoms with Gasteiger partial charge in [0.1, 0.15) is 12.4 Å². The van der Waals surface area contributed by atoms with Crippen molar-refractivity contribution in [1.82, 2.24) is 9.55 Å². The zero-order valence-corrected chi connectivity index (χ0v) is 21.7. The Morgan fingerprint density at radius 2 is 1.84 bits per heavy atom. The number of aromatic nitrogens is 2. The Bertz CT molecular complexity index is 1440. The number of rotatable bonds is 9. The van der Waals surface area contributed by atoms with E-state index >= 15 is 0 Å². The van der Waals surface area contributed by atoms with Crippen LogP contribution in [0.15, 0.2) is 73.3 Å². The predicted molar refractivity (Wildman–Crippen MR) is 148 cm³/mol. The number of aryl methyl sites for hydroxylation is 2. The van der Waals surface area contributed by atoms with E-state index in [9.17, 15) is 4.79 Å². The molecule has 0 N–H and O–H groups in total. The third kappa shape index (κ3) is 4.84. The first kappa shape index (κ1) is 24.6. The molecule has 1 unspecified atom stereocenters. The molecule has 0 aliphatic carbocycles. The van der Waals surface area contributed by atoms with Crippen LogP contribution in [-0.4, -0.2) is 35.7 Å². The van der Waals surface area contributed by atoms with Crippen molar-refractivity contribution in [2.45, 2.75) is 39.2 Å². The van der Waals surface area contributed by atoms with Gasteiger partial charge in [-0.15, -0.1) is 6.58 Å². The summed E-state index contributed by atoms with van der Waals surface area (Å²) >= 11 is 0. The number of ether oxygens (including phenoxy) is 2. The molecule has 4 aromatic rings. The Kier molecular flexibility index (Phi) is 6.99. The lowest BCUT2D eigenvalue weighted by Crippen LogP contribution is -2.26. The fourth-order valence-electron chi connectivity index (χ4n) is 5.34. The summed E-state index contributed by atoms with van der Waals surface area (Å²) in [5, 5.41) is 0. The summed E-state index contributed by atoms with van der Waals surface area (Å²) < 4.78 is 13.9. The SMILES string of the molecule is C=CCc1ccc(OCCn2c(C3CC(=O)N(c4c(C)cccc4C)C3)nc3ccccc32)c(OC)c1. The van der Waals surface area contributed by atoms with E-state index in [0.717, 1.165) is 45.7 Å².